The number of anilines is 1. The molecular formula is C39H27Cl5N4O4. The highest BCUT2D eigenvalue weighted by Crippen LogP contribution is 2.25. The number of fused-ring (bicyclic) bond motifs is 2. The van der Waals surface area contributed by atoms with E-state index in [-0.39, 0.29) is 5.91 Å². The number of pyridine rings is 2. The van der Waals surface area contributed by atoms with E-state index >= 15 is 0 Å². The molecule has 0 saturated heterocycles. The molecule has 2 heterocycles. The average molecular weight is 793 g/mol. The molecule has 0 aliphatic heterocycles. The van der Waals surface area contributed by atoms with Gasteiger partial charge in [0, 0.05) is 50.3 Å². The minimum Gasteiger partial charge on any atom is -0.618 e. The molecule has 0 bridgehead atoms. The second-order valence-electron chi connectivity index (χ2n) is 10.5. The lowest BCUT2D eigenvalue weighted by molar-refractivity contribution is -0.577. The first-order valence-electron chi connectivity index (χ1n) is 15.1. The Morgan fingerprint density at radius 1 is 0.615 bits per heavy atom. The van der Waals surface area contributed by atoms with Gasteiger partial charge in [0.15, 0.2) is 6.20 Å². The maximum atomic E-state index is 12.1. The van der Waals surface area contributed by atoms with Crippen LogP contribution in [0.4, 0.5) is 5.82 Å². The lowest BCUT2D eigenvalue weighted by atomic mass is 10.2. The Hall–Kier alpha value is -5.22. The minimum atomic E-state index is -0.434. The Labute approximate surface area is 323 Å². The molecule has 13 heteroatoms. The number of nitrogens with one attached hydrogen (secondary N) is 1. The van der Waals surface area contributed by atoms with Crippen LogP contribution in [0, 0.1) is 5.21 Å². The van der Waals surface area contributed by atoms with Gasteiger partial charge in [-0.15, -0.1) is 0 Å². The second-order valence-corrected chi connectivity index (χ2v) is 12.5. The molecule has 0 aliphatic carbocycles. The van der Waals surface area contributed by atoms with Crippen LogP contribution in [0.15, 0.2) is 146 Å². The van der Waals surface area contributed by atoms with Crippen molar-refractivity contribution < 1.29 is 19.1 Å². The van der Waals surface area contributed by atoms with E-state index in [2.05, 4.69) is 10.3 Å². The number of amides is 2. The van der Waals surface area contributed by atoms with Crippen molar-refractivity contribution in [1.29, 1.82) is 0 Å². The van der Waals surface area contributed by atoms with Gasteiger partial charge in [0.25, 0.3) is 11.1 Å². The highest BCUT2D eigenvalue weighted by Gasteiger charge is 2.09. The zero-order chi connectivity index (χ0) is 37.6. The highest BCUT2D eigenvalue weighted by molar-refractivity contribution is 6.67. The fourth-order valence-electron chi connectivity index (χ4n) is 4.34. The third kappa shape index (κ3) is 11.7. The average Bonchev–Trinajstić information content (AvgIpc) is 3.15. The van der Waals surface area contributed by atoms with Crippen LogP contribution in [-0.4, -0.2) is 22.0 Å². The monoisotopic (exact) mass is 790 g/mol. The van der Waals surface area contributed by atoms with Gasteiger partial charge < -0.3 is 16.3 Å². The van der Waals surface area contributed by atoms with Gasteiger partial charge in [0.2, 0.25) is 11.4 Å². The summed E-state index contributed by atoms with van der Waals surface area (Å²) >= 11 is 28.6. The van der Waals surface area contributed by atoms with Crippen LogP contribution in [0.5, 0.6) is 0 Å². The first-order chi connectivity index (χ1) is 24.9. The zero-order valence-electron chi connectivity index (χ0n) is 26.9. The van der Waals surface area contributed by atoms with E-state index in [1.807, 2.05) is 48.5 Å². The summed E-state index contributed by atoms with van der Waals surface area (Å²) in [5.74, 6) is -0.277. The Kier molecular flexibility index (Phi) is 14.8. The van der Waals surface area contributed by atoms with Gasteiger partial charge in [-0.2, -0.15) is 4.73 Å². The predicted molar refractivity (Wildman–Crippen MR) is 211 cm³/mol. The third-order valence-corrected chi connectivity index (χ3v) is 8.26. The molecule has 52 heavy (non-hydrogen) atoms. The summed E-state index contributed by atoms with van der Waals surface area (Å²) in [6.07, 6.45) is 1.41. The number of carbonyl (C=O) groups is 3. The molecule has 0 atom stereocenters. The molecule has 0 unspecified atom stereocenters. The number of hydrogen-bond acceptors (Lipinski definition) is 5. The summed E-state index contributed by atoms with van der Waals surface area (Å²) in [7, 11) is 0. The van der Waals surface area contributed by atoms with Crippen molar-refractivity contribution in [3.05, 3.63) is 188 Å². The van der Waals surface area contributed by atoms with Crippen molar-refractivity contribution in [1.82, 2.24) is 4.98 Å². The van der Waals surface area contributed by atoms with Gasteiger partial charge in [-0.1, -0.05) is 107 Å². The molecule has 8 nitrogen and oxygen atoms in total. The number of aromatic nitrogens is 2. The Morgan fingerprint density at radius 2 is 1.15 bits per heavy atom. The van der Waals surface area contributed by atoms with Gasteiger partial charge in [0.1, 0.15) is 5.82 Å². The topological polar surface area (TPSA) is 129 Å². The normalized spacial score (nSPS) is 10.0. The number of halogens is 5. The number of rotatable bonds is 4. The molecule has 0 fully saturated rings. The van der Waals surface area contributed by atoms with Gasteiger partial charge in [0.05, 0.1) is 20.9 Å². The van der Waals surface area contributed by atoms with Crippen LogP contribution in [0.1, 0.15) is 31.1 Å². The Balaban J connectivity index is 0.000000167. The molecule has 2 amide bonds. The Morgan fingerprint density at radius 3 is 1.71 bits per heavy atom. The summed E-state index contributed by atoms with van der Waals surface area (Å²) in [4.78, 5) is 37.4. The van der Waals surface area contributed by atoms with E-state index in [1.54, 1.807) is 91.0 Å². The number of nitrogens with zero attached hydrogens (tertiary/aromatic N) is 2. The van der Waals surface area contributed by atoms with Gasteiger partial charge in [-0.05, 0) is 72.3 Å². The maximum Gasteiger partial charge on any atom is 0.256 e. The van der Waals surface area contributed by atoms with Crippen molar-refractivity contribution in [2.24, 2.45) is 5.73 Å². The molecule has 262 valence electrons. The molecule has 7 aromatic rings. The van der Waals surface area contributed by atoms with E-state index in [0.29, 0.717) is 48.1 Å². The van der Waals surface area contributed by atoms with E-state index in [9.17, 15) is 19.6 Å². The summed E-state index contributed by atoms with van der Waals surface area (Å²) in [6, 6.07) is 39.8. The molecule has 0 radical (unpaired) electrons. The molecule has 0 aliphatic rings. The first-order valence-corrected chi connectivity index (χ1v) is 17.0. The van der Waals surface area contributed by atoms with Gasteiger partial charge in [-0.3, -0.25) is 14.4 Å². The highest BCUT2D eigenvalue weighted by atomic mass is 35.5. The van der Waals surface area contributed by atoms with Crippen molar-refractivity contribution in [2.75, 3.05) is 5.32 Å². The summed E-state index contributed by atoms with van der Waals surface area (Å²) in [6.45, 7) is 0. The van der Waals surface area contributed by atoms with Crippen LogP contribution in [0.3, 0.4) is 0 Å². The second kappa shape index (κ2) is 19.4. The molecule has 7 rings (SSSR count). The molecule has 0 saturated carbocycles. The van der Waals surface area contributed by atoms with E-state index in [0.717, 1.165) is 21.0 Å². The molecule has 3 N–H and O–H groups in total. The largest absolute Gasteiger partial charge is 0.618 e. The zero-order valence-corrected chi connectivity index (χ0v) is 30.6. The van der Waals surface area contributed by atoms with E-state index in [1.165, 1.54) is 6.20 Å². The number of primary amides is 1. The fraction of sp³-hybridized carbons (Fsp3) is 0. The molecule has 5 aromatic carbocycles. The summed E-state index contributed by atoms with van der Waals surface area (Å²) in [5.41, 5.74) is 7.84. The van der Waals surface area contributed by atoms with E-state index < -0.39 is 11.1 Å². The van der Waals surface area contributed by atoms with Crippen LogP contribution < -0.4 is 15.8 Å². The standard InChI is InChI=1S/C16H10Cl2N2O.C9H6ClNO.C7H6ClNO.C7H5ClO/c17-11-7-5-10(6-8-11)16(21)20-15-9-13(18)12-3-1-2-4-14(12)19-15;10-8-5-6-11(12)9-4-2-1-3-7(8)9;8-6-3-1-5(2-4-6)7(9)10;8-7(9)6-4-2-1-3-5-6/h1-9H,(H,19,20,21);1-6H;1-4H,(H2,9,10);1-5H. The number of para-hydroxylation sites is 2. The molecular weight excluding hydrogens is 766 g/mol. The first kappa shape index (κ1) is 39.6. The fourth-order valence-corrected chi connectivity index (χ4v) is 5.20. The number of benzene rings is 5. The quantitative estimate of drug-likeness (QED) is 0.104. The minimum absolute atomic E-state index is 0.259. The number of nitrogens with two attached hydrogens (primary N) is 1. The summed E-state index contributed by atoms with van der Waals surface area (Å²) in [5, 5.41) is 17.5. The van der Waals surface area contributed by atoms with Crippen LogP contribution in [0.2, 0.25) is 20.1 Å². The smallest absolute Gasteiger partial charge is 0.256 e. The molecule has 0 spiro atoms. The van der Waals surface area contributed by atoms with Crippen molar-refractivity contribution in [2.45, 2.75) is 0 Å². The van der Waals surface area contributed by atoms with Crippen molar-refractivity contribution in [3.8, 4) is 0 Å². The lowest BCUT2D eigenvalue weighted by Crippen LogP contribution is -2.25. The maximum absolute atomic E-state index is 12.1. The third-order valence-electron chi connectivity index (χ3n) is 6.90. The van der Waals surface area contributed by atoms with E-state index in [4.69, 9.17) is 63.7 Å². The predicted octanol–water partition coefficient (Wildman–Crippen LogP) is 10.4. The van der Waals surface area contributed by atoms with Crippen LogP contribution in [0.25, 0.3) is 21.8 Å². The Bertz CT molecular complexity index is 2270. The lowest BCUT2D eigenvalue weighted by Gasteiger charge is -2.07. The molecule has 2 aromatic heterocycles. The van der Waals surface area contributed by atoms with Crippen molar-refractivity contribution in [3.63, 3.8) is 0 Å². The summed E-state index contributed by atoms with van der Waals surface area (Å²) < 4.78 is 0.807. The van der Waals surface area contributed by atoms with Crippen LogP contribution >= 0.6 is 58.0 Å². The SMILES string of the molecule is NC(=O)c1ccc(Cl)cc1.O=C(Cl)c1ccccc1.O=C(Nc1cc(Cl)c2ccccc2n1)c1ccc(Cl)cc1.[O-][n+]1ccc(Cl)c2ccccc21. The number of carbonyl (C=O) groups excluding carboxylic acids is 3. The van der Waals surface area contributed by atoms with Crippen molar-refractivity contribution >= 4 is 103 Å². The van der Waals surface area contributed by atoms with Gasteiger partial charge >= 0.3 is 0 Å². The van der Waals surface area contributed by atoms with Gasteiger partial charge in [-0.25, -0.2) is 4.98 Å². The van der Waals surface area contributed by atoms with Crippen LogP contribution in [-0.2, 0) is 0 Å². The number of hydrogen-bond donors (Lipinski definition) is 2.